The minimum Gasteiger partial charge on any atom is -0.480 e. The minimum atomic E-state index is -4.43. The molecule has 0 aliphatic carbocycles. The molecule has 6 rings (SSSR count). The van der Waals surface area contributed by atoms with Crippen molar-refractivity contribution in [1.29, 1.82) is 0 Å². The number of ether oxygens (including phenoxy) is 2. The summed E-state index contributed by atoms with van der Waals surface area (Å²) in [5.41, 5.74) is 10.9. The molecule has 0 bridgehead atoms. The van der Waals surface area contributed by atoms with Gasteiger partial charge in [0.05, 0.1) is 31.4 Å². The van der Waals surface area contributed by atoms with Gasteiger partial charge in [-0.3, -0.25) is 9.29 Å². The molecule has 216 valence electrons. The zero-order valence-corrected chi connectivity index (χ0v) is 23.2. The summed E-state index contributed by atoms with van der Waals surface area (Å²) in [5, 5.41) is 0. The number of nitrogens with zero attached hydrogens (tertiary/aromatic N) is 4. The van der Waals surface area contributed by atoms with Crippen molar-refractivity contribution < 1.29 is 26.7 Å². The molecule has 0 spiro atoms. The first-order valence-electron chi connectivity index (χ1n) is 13.0. The summed E-state index contributed by atoms with van der Waals surface area (Å²) in [6.45, 7) is 3.03. The number of methoxy groups -OCH3 is 1. The Labute approximate surface area is 240 Å². The number of nitrogen functional groups attached to an aromatic ring is 1. The maximum absolute atomic E-state index is 14.3. The van der Waals surface area contributed by atoms with E-state index in [0.29, 0.717) is 41.9 Å². The summed E-state index contributed by atoms with van der Waals surface area (Å²) >= 11 is 0. The smallest absolute Gasteiger partial charge is 0.264 e. The van der Waals surface area contributed by atoms with Crippen LogP contribution in [0.5, 0.6) is 5.88 Å². The molecule has 0 saturated carbocycles. The Morgan fingerprint density at radius 1 is 0.952 bits per heavy atom. The lowest BCUT2D eigenvalue weighted by Crippen LogP contribution is -2.36. The second-order valence-corrected chi connectivity index (χ2v) is 11.2. The summed E-state index contributed by atoms with van der Waals surface area (Å²) in [7, 11) is -3.10. The van der Waals surface area contributed by atoms with Crippen molar-refractivity contribution in [2.45, 2.75) is 4.90 Å². The van der Waals surface area contributed by atoms with E-state index in [-0.39, 0.29) is 11.6 Å². The number of benzene rings is 3. The van der Waals surface area contributed by atoms with Gasteiger partial charge in [0.1, 0.15) is 22.2 Å². The lowest BCUT2D eigenvalue weighted by atomic mass is 10.1. The zero-order valence-electron chi connectivity index (χ0n) is 22.4. The number of halogens is 2. The third-order valence-corrected chi connectivity index (χ3v) is 8.37. The van der Waals surface area contributed by atoms with Crippen LogP contribution in [0.2, 0.25) is 0 Å². The fourth-order valence-electron chi connectivity index (χ4n) is 4.92. The van der Waals surface area contributed by atoms with E-state index in [0.717, 1.165) is 42.1 Å². The zero-order chi connectivity index (χ0) is 29.4. The summed E-state index contributed by atoms with van der Waals surface area (Å²) < 4.78 is 68.4. The van der Waals surface area contributed by atoms with Gasteiger partial charge in [-0.15, -0.1) is 0 Å². The van der Waals surface area contributed by atoms with Crippen LogP contribution in [0.1, 0.15) is 0 Å². The summed E-state index contributed by atoms with van der Waals surface area (Å²) in [6.07, 6.45) is 1.53. The number of sulfonamides is 1. The van der Waals surface area contributed by atoms with Gasteiger partial charge in [-0.25, -0.2) is 27.2 Å². The molecule has 10 nitrogen and oxygen atoms in total. The number of hydrogen-bond acceptors (Lipinski definition) is 8. The topological polar surface area (TPSA) is 125 Å². The highest BCUT2D eigenvalue weighted by atomic mass is 32.2. The lowest BCUT2D eigenvalue weighted by Gasteiger charge is -2.29. The van der Waals surface area contributed by atoms with Gasteiger partial charge in [0, 0.05) is 42.3 Å². The van der Waals surface area contributed by atoms with Gasteiger partial charge >= 0.3 is 0 Å². The molecule has 3 heterocycles. The molecular weight excluding hydrogens is 566 g/mol. The second kappa shape index (κ2) is 10.9. The van der Waals surface area contributed by atoms with Gasteiger partial charge in [-0.1, -0.05) is 6.07 Å². The van der Waals surface area contributed by atoms with Gasteiger partial charge in [0.25, 0.3) is 10.0 Å². The molecule has 5 aromatic rings. The molecule has 13 heteroatoms. The van der Waals surface area contributed by atoms with E-state index < -0.39 is 26.6 Å². The average Bonchev–Trinajstić information content (AvgIpc) is 3.32. The Morgan fingerprint density at radius 3 is 2.40 bits per heavy atom. The molecule has 0 amide bonds. The van der Waals surface area contributed by atoms with E-state index in [1.54, 1.807) is 0 Å². The van der Waals surface area contributed by atoms with Crippen LogP contribution in [-0.4, -0.2) is 56.4 Å². The van der Waals surface area contributed by atoms with Crippen molar-refractivity contribution in [3.05, 3.63) is 84.6 Å². The maximum Gasteiger partial charge on any atom is 0.264 e. The summed E-state index contributed by atoms with van der Waals surface area (Å²) in [5.74, 6) is -1.83. The van der Waals surface area contributed by atoms with E-state index in [9.17, 15) is 17.2 Å². The van der Waals surface area contributed by atoms with Crippen molar-refractivity contribution in [3.8, 4) is 22.7 Å². The fourth-order valence-corrected chi connectivity index (χ4v) is 6.03. The largest absolute Gasteiger partial charge is 0.480 e. The van der Waals surface area contributed by atoms with E-state index in [4.69, 9.17) is 15.2 Å². The summed E-state index contributed by atoms with van der Waals surface area (Å²) in [4.78, 5) is 10.3. The van der Waals surface area contributed by atoms with Crippen molar-refractivity contribution in [2.75, 3.05) is 48.8 Å². The van der Waals surface area contributed by atoms with E-state index in [1.165, 1.54) is 19.4 Å². The molecule has 0 radical (unpaired) electrons. The van der Waals surface area contributed by atoms with Crippen LogP contribution in [0, 0.1) is 11.6 Å². The standard InChI is InChI=1S/C29H26F2N6O4S/c1-40-28-25(35-42(38,39)27-9-3-20(30)16-23(27)31)14-19(17-33-28)18-2-8-24-26(15-18)37(29(32)34-24)22-6-4-21(5-7-22)36-10-12-41-13-11-36/h2-9,14-17,35H,10-13H2,1H3,(H2,32,34). The first kappa shape index (κ1) is 27.4. The van der Waals surface area contributed by atoms with Crippen LogP contribution < -0.4 is 20.1 Å². The van der Waals surface area contributed by atoms with E-state index in [2.05, 4.69) is 19.6 Å². The number of anilines is 3. The SMILES string of the molecule is COc1ncc(-c2ccc3nc(N)n(-c4ccc(N5CCOCC5)cc4)c3c2)cc1NS(=O)(=O)c1ccc(F)cc1F. The predicted octanol–water partition coefficient (Wildman–Crippen LogP) is 4.59. The lowest BCUT2D eigenvalue weighted by molar-refractivity contribution is 0.122. The maximum atomic E-state index is 14.3. The van der Waals surface area contributed by atoms with Crippen molar-refractivity contribution in [3.63, 3.8) is 0 Å². The molecule has 42 heavy (non-hydrogen) atoms. The van der Waals surface area contributed by atoms with Crippen molar-refractivity contribution in [1.82, 2.24) is 14.5 Å². The highest BCUT2D eigenvalue weighted by molar-refractivity contribution is 7.92. The number of aromatic nitrogens is 3. The number of morpholine rings is 1. The molecule has 1 aliphatic rings. The van der Waals surface area contributed by atoms with Crippen LogP contribution in [0.4, 0.5) is 26.1 Å². The number of pyridine rings is 1. The van der Waals surface area contributed by atoms with Crippen LogP contribution in [0.15, 0.2) is 77.8 Å². The second-order valence-electron chi connectivity index (χ2n) is 9.59. The number of rotatable bonds is 7. The first-order valence-corrected chi connectivity index (χ1v) is 14.5. The van der Waals surface area contributed by atoms with Crippen LogP contribution in [-0.2, 0) is 14.8 Å². The van der Waals surface area contributed by atoms with Crippen molar-refractivity contribution in [2.24, 2.45) is 0 Å². The van der Waals surface area contributed by atoms with Gasteiger partial charge < -0.3 is 20.1 Å². The highest BCUT2D eigenvalue weighted by Gasteiger charge is 2.23. The highest BCUT2D eigenvalue weighted by Crippen LogP contribution is 2.33. The molecule has 1 aliphatic heterocycles. The molecule has 2 aromatic heterocycles. The average molecular weight is 593 g/mol. The Kier molecular flexibility index (Phi) is 7.12. The minimum absolute atomic E-state index is 0.0226. The molecule has 0 atom stereocenters. The Morgan fingerprint density at radius 2 is 1.69 bits per heavy atom. The van der Waals surface area contributed by atoms with Gasteiger partial charge in [0.2, 0.25) is 11.8 Å². The Balaban J connectivity index is 1.35. The number of nitrogens with two attached hydrogens (primary N) is 1. The fraction of sp³-hybridized carbons (Fsp3) is 0.172. The molecular formula is C29H26F2N6O4S. The Hall–Kier alpha value is -4.75. The predicted molar refractivity (Wildman–Crippen MR) is 155 cm³/mol. The Bertz CT molecular complexity index is 1890. The number of fused-ring (bicyclic) bond motifs is 1. The molecule has 3 aromatic carbocycles. The van der Waals surface area contributed by atoms with Gasteiger partial charge in [0.15, 0.2) is 0 Å². The van der Waals surface area contributed by atoms with Crippen LogP contribution in [0.25, 0.3) is 27.8 Å². The van der Waals surface area contributed by atoms with Crippen LogP contribution in [0.3, 0.4) is 0 Å². The quantitative estimate of drug-likeness (QED) is 0.281. The van der Waals surface area contributed by atoms with Crippen molar-refractivity contribution >= 4 is 38.4 Å². The number of hydrogen-bond donors (Lipinski definition) is 2. The third-order valence-electron chi connectivity index (χ3n) is 6.97. The number of imidazole rings is 1. The van der Waals surface area contributed by atoms with Crippen LogP contribution >= 0.6 is 0 Å². The molecule has 0 unspecified atom stereocenters. The van der Waals surface area contributed by atoms with E-state index in [1.807, 2.05) is 47.0 Å². The third kappa shape index (κ3) is 5.19. The first-order chi connectivity index (χ1) is 20.2. The monoisotopic (exact) mass is 592 g/mol. The van der Waals surface area contributed by atoms with Gasteiger partial charge in [-0.2, -0.15) is 0 Å². The molecule has 1 fully saturated rings. The number of nitrogens with one attached hydrogen (secondary N) is 1. The van der Waals surface area contributed by atoms with Gasteiger partial charge in [-0.05, 0) is 60.2 Å². The summed E-state index contributed by atoms with van der Waals surface area (Å²) in [6, 6.07) is 17.2. The molecule has 1 saturated heterocycles. The van der Waals surface area contributed by atoms with E-state index >= 15 is 0 Å². The normalized spacial score (nSPS) is 13.8. The molecule has 3 N–H and O–H groups in total.